The number of ketones is 1. The van der Waals surface area contributed by atoms with Crippen LogP contribution in [-0.4, -0.2) is 52.6 Å². The van der Waals surface area contributed by atoms with Crippen LogP contribution in [0.15, 0.2) is 0 Å². The van der Waals surface area contributed by atoms with Crippen molar-refractivity contribution in [1.29, 1.82) is 0 Å². The highest BCUT2D eigenvalue weighted by molar-refractivity contribution is 7.82. The van der Waals surface area contributed by atoms with Crippen LogP contribution >= 0.6 is 12.6 Å². The number of carbonyl (C=O) groups excluding carboxylic acids is 3. The Morgan fingerprint density at radius 1 is 1.22 bits per heavy atom. The van der Waals surface area contributed by atoms with Crippen molar-refractivity contribution in [3.05, 3.63) is 5.75 Å². The van der Waals surface area contributed by atoms with Crippen LogP contribution in [0.5, 0.6) is 0 Å². The molecule has 0 fully saturated rings. The number of hydrogen-bond donors (Lipinski definition) is 5. The second-order valence-corrected chi connectivity index (χ2v) is 3.97. The second kappa shape index (κ2) is 8.06. The lowest BCUT2D eigenvalue weighted by molar-refractivity contribution is -0.135. The maximum Gasteiger partial charge on any atom is 0.217 e. The summed E-state index contributed by atoms with van der Waals surface area (Å²) in [7, 11) is 0. The average Bonchev–Trinajstić information content (AvgIpc) is 2.30. The number of thiol groups is 1. The molecule has 0 spiro atoms. The minimum atomic E-state index is -1.52. The van der Waals surface area contributed by atoms with Crippen molar-refractivity contribution >= 4 is 30.2 Å². The summed E-state index contributed by atoms with van der Waals surface area (Å²) < 4.78 is 0. The molecular formula is C10H17N2O5S. The molecule has 4 N–H and O–H groups in total. The Bertz CT molecular complexity index is 323. The van der Waals surface area contributed by atoms with Gasteiger partial charge in [0.25, 0.3) is 0 Å². The first-order valence-electron chi connectivity index (χ1n) is 5.18. The minimum absolute atomic E-state index is 0.288. The van der Waals surface area contributed by atoms with Gasteiger partial charge in [-0.2, -0.15) is 12.6 Å². The molecule has 0 rings (SSSR count). The number of aliphatic hydroxyl groups excluding tert-OH is 2. The zero-order valence-corrected chi connectivity index (χ0v) is 11.0. The van der Waals surface area contributed by atoms with Gasteiger partial charge in [0.15, 0.2) is 5.78 Å². The van der Waals surface area contributed by atoms with Crippen molar-refractivity contribution in [3.8, 4) is 0 Å². The lowest BCUT2D eigenvalue weighted by Gasteiger charge is -2.23. The van der Waals surface area contributed by atoms with E-state index in [1.165, 1.54) is 13.8 Å². The van der Waals surface area contributed by atoms with Gasteiger partial charge >= 0.3 is 0 Å². The minimum Gasteiger partial charge on any atom is -0.389 e. The van der Waals surface area contributed by atoms with E-state index in [0.717, 1.165) is 5.75 Å². The van der Waals surface area contributed by atoms with Gasteiger partial charge in [-0.1, -0.05) is 0 Å². The number of nitrogens with one attached hydrogen (secondary N) is 2. The molecular weight excluding hydrogens is 260 g/mol. The van der Waals surface area contributed by atoms with E-state index in [0.29, 0.717) is 0 Å². The van der Waals surface area contributed by atoms with E-state index in [4.69, 9.17) is 0 Å². The number of Topliss-reactive ketones (excluding diaryl/α,β-unsaturated/α-hetero) is 1. The second-order valence-electron chi connectivity index (χ2n) is 3.67. The van der Waals surface area contributed by atoms with Gasteiger partial charge in [-0.05, 0) is 0 Å². The fraction of sp³-hybridized carbons (Fsp3) is 0.600. The van der Waals surface area contributed by atoms with Gasteiger partial charge in [-0.25, -0.2) is 0 Å². The highest BCUT2D eigenvalue weighted by Gasteiger charge is 2.31. The van der Waals surface area contributed by atoms with E-state index in [1.54, 1.807) is 0 Å². The first-order chi connectivity index (χ1) is 8.29. The SMILES string of the molecule is CC(=O)NCC(O)C(=O)C(NC(C)=O)C(O)[CH]S. The van der Waals surface area contributed by atoms with E-state index in [-0.39, 0.29) is 6.54 Å². The number of rotatable bonds is 7. The predicted molar refractivity (Wildman–Crippen MR) is 66.6 cm³/mol. The Morgan fingerprint density at radius 3 is 2.17 bits per heavy atom. The number of aliphatic hydroxyl groups is 2. The van der Waals surface area contributed by atoms with E-state index in [1.807, 2.05) is 0 Å². The fourth-order valence-electron chi connectivity index (χ4n) is 1.18. The summed E-state index contributed by atoms with van der Waals surface area (Å²) in [5.74, 6) is -0.728. The standard InChI is InChI=1S/C10H17N2O5S/c1-5(13)11-3-7(15)10(17)9(8(16)4-18)12-6(2)14/h4,7-9,15-16,18H,3H2,1-2H3,(H,11,13)(H,12,14). The Morgan fingerprint density at radius 2 is 1.78 bits per heavy atom. The van der Waals surface area contributed by atoms with Crippen molar-refractivity contribution < 1.29 is 24.6 Å². The van der Waals surface area contributed by atoms with Gasteiger partial charge in [0.2, 0.25) is 11.8 Å². The van der Waals surface area contributed by atoms with Gasteiger partial charge in [-0.3, -0.25) is 14.4 Å². The van der Waals surface area contributed by atoms with E-state index in [2.05, 4.69) is 23.3 Å². The van der Waals surface area contributed by atoms with E-state index >= 15 is 0 Å². The average molecular weight is 277 g/mol. The molecule has 0 bridgehead atoms. The molecule has 0 saturated carbocycles. The van der Waals surface area contributed by atoms with Crippen LogP contribution in [0.25, 0.3) is 0 Å². The Balaban J connectivity index is 4.62. The van der Waals surface area contributed by atoms with Crippen LogP contribution < -0.4 is 10.6 Å². The molecule has 0 heterocycles. The summed E-state index contributed by atoms with van der Waals surface area (Å²) in [5.41, 5.74) is 0. The summed E-state index contributed by atoms with van der Waals surface area (Å²) >= 11 is 3.70. The molecule has 7 nitrogen and oxygen atoms in total. The molecule has 3 atom stereocenters. The maximum absolute atomic E-state index is 11.8. The molecule has 18 heavy (non-hydrogen) atoms. The molecule has 3 unspecified atom stereocenters. The first-order valence-corrected chi connectivity index (χ1v) is 5.70. The monoisotopic (exact) mass is 277 g/mol. The predicted octanol–water partition coefficient (Wildman–Crippen LogP) is -1.99. The van der Waals surface area contributed by atoms with Gasteiger partial charge < -0.3 is 20.8 Å². The summed E-state index contributed by atoms with van der Waals surface area (Å²) in [6.45, 7) is 2.12. The third-order valence-electron chi connectivity index (χ3n) is 2.03. The molecule has 0 saturated heterocycles. The third kappa shape index (κ3) is 5.99. The molecule has 0 aromatic rings. The largest absolute Gasteiger partial charge is 0.389 e. The lowest BCUT2D eigenvalue weighted by atomic mass is 10.0. The van der Waals surface area contributed by atoms with Crippen LogP contribution in [0.4, 0.5) is 0 Å². The maximum atomic E-state index is 11.8. The van der Waals surface area contributed by atoms with Crippen molar-refractivity contribution in [2.24, 2.45) is 0 Å². The van der Waals surface area contributed by atoms with Crippen LogP contribution in [0, 0.1) is 5.75 Å². The molecule has 0 aromatic heterocycles. The van der Waals surface area contributed by atoms with Crippen molar-refractivity contribution in [1.82, 2.24) is 10.6 Å². The molecule has 2 amide bonds. The van der Waals surface area contributed by atoms with Crippen LogP contribution in [0.2, 0.25) is 0 Å². The summed E-state index contributed by atoms with van der Waals surface area (Å²) in [5, 5.41) is 23.5. The Kier molecular flexibility index (Phi) is 7.56. The van der Waals surface area contributed by atoms with Gasteiger partial charge in [0.1, 0.15) is 12.1 Å². The number of carbonyl (C=O) groups is 3. The summed E-state index contributed by atoms with van der Waals surface area (Å²) in [4.78, 5) is 33.3. The number of hydrogen-bond acceptors (Lipinski definition) is 6. The highest BCUT2D eigenvalue weighted by atomic mass is 32.1. The van der Waals surface area contributed by atoms with E-state index in [9.17, 15) is 24.6 Å². The van der Waals surface area contributed by atoms with Gasteiger partial charge in [-0.15, -0.1) is 0 Å². The quantitative estimate of drug-likeness (QED) is 0.346. The van der Waals surface area contributed by atoms with Crippen LogP contribution in [-0.2, 0) is 14.4 Å². The molecule has 0 aliphatic carbocycles. The summed E-state index contributed by atoms with van der Waals surface area (Å²) in [6, 6.07) is -1.30. The molecule has 1 radical (unpaired) electrons. The fourth-order valence-corrected chi connectivity index (χ4v) is 1.35. The van der Waals surface area contributed by atoms with Crippen molar-refractivity contribution in [2.45, 2.75) is 32.1 Å². The summed E-state index contributed by atoms with van der Waals surface area (Å²) in [6.07, 6.45) is -2.86. The lowest BCUT2D eigenvalue weighted by Crippen LogP contribution is -2.53. The molecule has 0 aromatic carbocycles. The van der Waals surface area contributed by atoms with E-state index < -0.39 is 35.8 Å². The molecule has 103 valence electrons. The topological polar surface area (TPSA) is 116 Å². The number of amides is 2. The zero-order valence-electron chi connectivity index (χ0n) is 10.1. The molecule has 0 aliphatic rings. The molecule has 8 heteroatoms. The van der Waals surface area contributed by atoms with Crippen molar-refractivity contribution in [3.63, 3.8) is 0 Å². The van der Waals surface area contributed by atoms with Gasteiger partial charge in [0, 0.05) is 19.6 Å². The normalized spacial score (nSPS) is 15.4. The van der Waals surface area contributed by atoms with Crippen LogP contribution in [0.3, 0.4) is 0 Å². The highest BCUT2D eigenvalue weighted by Crippen LogP contribution is 2.05. The van der Waals surface area contributed by atoms with Crippen molar-refractivity contribution in [2.75, 3.05) is 6.54 Å². The Labute approximate surface area is 110 Å². The van der Waals surface area contributed by atoms with Gasteiger partial charge in [0.05, 0.1) is 12.6 Å². The molecule has 0 aliphatic heterocycles. The third-order valence-corrected chi connectivity index (χ3v) is 2.34. The first kappa shape index (κ1) is 16.9. The van der Waals surface area contributed by atoms with Crippen LogP contribution in [0.1, 0.15) is 13.8 Å². The smallest absolute Gasteiger partial charge is 0.217 e. The Hall–Kier alpha value is -1.12. The zero-order chi connectivity index (χ0) is 14.3.